The second-order valence-electron chi connectivity index (χ2n) is 12.2. The van der Waals surface area contributed by atoms with E-state index < -0.39 is 17.4 Å². The van der Waals surface area contributed by atoms with E-state index in [4.69, 9.17) is 0 Å². The van der Waals surface area contributed by atoms with E-state index in [0.29, 0.717) is 9.54 Å². The van der Waals surface area contributed by atoms with Gasteiger partial charge in [-0.1, -0.05) is 0 Å². The standard InChI is InChI=1S/C23H15.C9H13.2CH3.2ClH.H2Si.Zr/c1-3-9-18-16(7-1)13-14-22(18)23-15-17-8-2-4-10-19(17)20-11-5-6-12-21(20)23;1-6-5-7(2)9(4)8(6)3;;;;;;/h1-15H;6H,1-4H3;2*1H3;2*1H;1H2;. The summed E-state index contributed by atoms with van der Waals surface area (Å²) < 4.78 is 7.73. The Morgan fingerprint density at radius 3 is 1.92 bits per heavy atom. The van der Waals surface area contributed by atoms with Gasteiger partial charge in [0.05, 0.1) is 0 Å². The molecule has 196 valence electrons. The molecule has 2 unspecified atom stereocenters. The average Bonchev–Trinajstić information content (AvgIpc) is 3.36. The van der Waals surface area contributed by atoms with Gasteiger partial charge in [0.25, 0.3) is 0 Å². The Morgan fingerprint density at radius 1 is 0.684 bits per heavy atom. The summed E-state index contributed by atoms with van der Waals surface area (Å²) in [5.41, 5.74) is 10.5. The normalized spacial score (nSPS) is 19.4. The van der Waals surface area contributed by atoms with Crippen LogP contribution in [0.25, 0.3) is 27.1 Å². The topological polar surface area (TPSA) is 0 Å². The molecule has 6 rings (SSSR count). The van der Waals surface area contributed by atoms with Crippen LogP contribution in [-0.4, -0.2) is 6.88 Å². The van der Waals surface area contributed by atoms with Gasteiger partial charge in [0.15, 0.2) is 0 Å². The largest absolute Gasteiger partial charge is 0.147 e. The van der Waals surface area contributed by atoms with Gasteiger partial charge < -0.3 is 0 Å². The third-order valence-corrected chi connectivity index (χ3v) is 26.8. The third kappa shape index (κ3) is 4.19. The number of allylic oxidation sites excluding steroid dienone is 5. The van der Waals surface area contributed by atoms with E-state index in [1.165, 1.54) is 43.8 Å². The molecule has 0 amide bonds. The van der Waals surface area contributed by atoms with Crippen molar-refractivity contribution in [2.24, 2.45) is 5.92 Å². The van der Waals surface area contributed by atoms with Gasteiger partial charge in [-0.25, -0.2) is 0 Å². The Labute approximate surface area is 242 Å². The zero-order valence-electron chi connectivity index (χ0n) is 23.3. The molecule has 38 heavy (non-hydrogen) atoms. The molecule has 0 aliphatic heterocycles. The van der Waals surface area contributed by atoms with Crippen molar-refractivity contribution in [1.82, 2.24) is 0 Å². The zero-order chi connectivity index (χ0) is 25.4. The summed E-state index contributed by atoms with van der Waals surface area (Å²) >= 11 is -3.45. The molecule has 0 aromatic heterocycles. The Kier molecular flexibility index (Phi) is 7.74. The number of halogens is 2. The van der Waals surface area contributed by atoms with Crippen LogP contribution in [0.5, 0.6) is 0 Å². The van der Waals surface area contributed by atoms with Gasteiger partial charge in [0, 0.05) is 0 Å². The van der Waals surface area contributed by atoms with Crippen LogP contribution in [0, 0.1) is 5.92 Å². The molecule has 0 fully saturated rings. The van der Waals surface area contributed by atoms with Crippen molar-refractivity contribution in [1.29, 1.82) is 0 Å². The Balaban J connectivity index is 0.00000168. The summed E-state index contributed by atoms with van der Waals surface area (Å²) in [6.45, 7) is 12.0. The minimum absolute atomic E-state index is 0. The molecule has 2 atom stereocenters. The smallest absolute Gasteiger partial charge is 0.147 e. The molecule has 4 heteroatoms. The first kappa shape index (κ1) is 29.3. The fraction of sp³-hybridized carbons (Fsp3) is 0.235. The third-order valence-electron chi connectivity index (χ3n) is 9.50. The fourth-order valence-corrected chi connectivity index (χ4v) is 26.0. The molecule has 0 N–H and O–H groups in total. The predicted octanol–water partition coefficient (Wildman–Crippen LogP) is 9.92. The number of hydrogen-bond donors (Lipinski definition) is 0. The van der Waals surface area contributed by atoms with Gasteiger partial charge in [-0.3, -0.25) is 0 Å². The van der Waals surface area contributed by atoms with E-state index in [1.807, 2.05) is 3.28 Å². The predicted molar refractivity (Wildman–Crippen MR) is 173 cm³/mol. The SMILES string of the molecule is CC1=C(C)C(C)[C]([Zr]([CH3])([CH3])(=[SiH2])[CH]2C=C(c3cc4ccccc4c4ccccc34)c3ccccc32)=C1C.Cl.Cl. The van der Waals surface area contributed by atoms with E-state index in [-0.39, 0.29) is 24.8 Å². The summed E-state index contributed by atoms with van der Waals surface area (Å²) in [6, 6.07) is 29.5. The van der Waals surface area contributed by atoms with E-state index in [1.54, 1.807) is 16.7 Å². The van der Waals surface area contributed by atoms with Crippen molar-refractivity contribution in [3.8, 4) is 0 Å². The second kappa shape index (κ2) is 10.0. The van der Waals surface area contributed by atoms with Crippen LogP contribution in [0.15, 0.2) is 105 Å². The summed E-state index contributed by atoms with van der Waals surface area (Å²) in [4.78, 5) is 0. The maximum Gasteiger partial charge on any atom is -0.147 e. The molecule has 0 spiro atoms. The fourth-order valence-electron chi connectivity index (χ4n) is 7.50. The number of benzene rings is 4. The Morgan fingerprint density at radius 2 is 1.26 bits per heavy atom. The molecule has 4 aromatic carbocycles. The van der Waals surface area contributed by atoms with Gasteiger partial charge in [0.1, 0.15) is 0 Å². The summed E-state index contributed by atoms with van der Waals surface area (Å²) in [7, 11) is 0. The van der Waals surface area contributed by atoms with Crippen molar-refractivity contribution < 1.29 is 17.4 Å². The molecule has 0 saturated carbocycles. The monoisotopic (exact) mass is 634 g/mol. The molecule has 0 nitrogen and oxygen atoms in total. The number of hydrogen-bond acceptors (Lipinski definition) is 0. The van der Waals surface area contributed by atoms with Crippen LogP contribution in [0.1, 0.15) is 48.0 Å². The number of fused-ring (bicyclic) bond motifs is 4. The molecule has 0 saturated heterocycles. The van der Waals surface area contributed by atoms with Crippen LogP contribution in [0.4, 0.5) is 0 Å². The molecule has 2 aliphatic carbocycles. The molecular weight excluding hydrogens is 599 g/mol. The summed E-state index contributed by atoms with van der Waals surface area (Å²) in [5.74, 6) is 0.564. The first-order valence-electron chi connectivity index (χ1n) is 13.3. The molecular formula is C34H38Cl2SiZr. The van der Waals surface area contributed by atoms with E-state index in [2.05, 4.69) is 129 Å². The van der Waals surface area contributed by atoms with Gasteiger partial charge in [-0.05, 0) is 0 Å². The quantitative estimate of drug-likeness (QED) is 0.155. The minimum atomic E-state index is -3.45. The van der Waals surface area contributed by atoms with Crippen LogP contribution < -0.4 is 0 Å². The summed E-state index contributed by atoms with van der Waals surface area (Å²) in [6.07, 6.45) is 2.69. The average molecular weight is 637 g/mol. The van der Waals surface area contributed by atoms with Gasteiger partial charge in [0.2, 0.25) is 0 Å². The first-order valence-corrected chi connectivity index (χ1v) is 26.8. The molecule has 0 bridgehead atoms. The zero-order valence-corrected chi connectivity index (χ0v) is 28.8. The van der Waals surface area contributed by atoms with E-state index >= 15 is 0 Å². The molecule has 2 aliphatic rings. The minimum Gasteiger partial charge on any atom is -0.147 e. The van der Waals surface area contributed by atoms with Gasteiger partial charge >= 0.3 is 220 Å². The maximum atomic E-state index is 2.71. The maximum absolute atomic E-state index is 3.45. The Hall–Kier alpha value is -1.70. The first-order chi connectivity index (χ1) is 17.1. The summed E-state index contributed by atoms with van der Waals surface area (Å²) in [5, 5.41) is 5.37. The van der Waals surface area contributed by atoms with Crippen LogP contribution in [0.3, 0.4) is 0 Å². The van der Waals surface area contributed by atoms with Crippen LogP contribution >= 0.6 is 24.8 Å². The molecule has 0 radical (unpaired) electrons. The van der Waals surface area contributed by atoms with Crippen LogP contribution in [0.2, 0.25) is 9.26 Å². The molecule has 4 aromatic rings. The Bertz CT molecular complexity index is 1770. The van der Waals surface area contributed by atoms with Crippen LogP contribution in [-0.2, 0) is 17.4 Å². The van der Waals surface area contributed by atoms with Crippen molar-refractivity contribution >= 4 is 58.8 Å². The van der Waals surface area contributed by atoms with Crippen molar-refractivity contribution in [3.05, 3.63) is 122 Å². The van der Waals surface area contributed by atoms with Crippen molar-refractivity contribution in [2.45, 2.75) is 40.6 Å². The second-order valence-corrected chi connectivity index (χ2v) is 41.8. The van der Waals surface area contributed by atoms with Gasteiger partial charge in [-0.15, -0.1) is 24.8 Å². The van der Waals surface area contributed by atoms with E-state index in [0.717, 1.165) is 0 Å². The van der Waals surface area contributed by atoms with Crippen molar-refractivity contribution in [3.63, 3.8) is 0 Å². The molecule has 0 heterocycles. The van der Waals surface area contributed by atoms with Gasteiger partial charge in [-0.2, -0.15) is 0 Å². The van der Waals surface area contributed by atoms with E-state index in [9.17, 15) is 0 Å². The van der Waals surface area contributed by atoms with Crippen molar-refractivity contribution in [2.75, 3.05) is 0 Å². The number of rotatable bonds is 3.